The van der Waals surface area contributed by atoms with Gasteiger partial charge >= 0.3 is 11.6 Å². The number of aromatic nitrogens is 1. The lowest BCUT2D eigenvalue weighted by Gasteiger charge is -2.06. The van der Waals surface area contributed by atoms with Gasteiger partial charge in [-0.15, -0.1) is 11.3 Å². The molecule has 4 aromatic rings. The number of aryl methyl sites for hydroxylation is 3. The van der Waals surface area contributed by atoms with Crippen LogP contribution in [0.5, 0.6) is 5.75 Å². The van der Waals surface area contributed by atoms with Crippen molar-refractivity contribution in [2.24, 2.45) is 0 Å². The SMILES string of the molecule is CCc1sc(-c2cc3ccc(OC(C)=O)cc3oc2=O)nc1-c1ccc(C)cc1C. The van der Waals surface area contributed by atoms with Crippen LogP contribution in [0, 0.1) is 13.8 Å². The van der Waals surface area contributed by atoms with E-state index in [1.165, 1.54) is 23.8 Å². The molecule has 2 aromatic heterocycles. The third-order valence-electron chi connectivity index (χ3n) is 4.85. The Morgan fingerprint density at radius 1 is 1.10 bits per heavy atom. The van der Waals surface area contributed by atoms with Gasteiger partial charge in [-0.05, 0) is 44.0 Å². The third-order valence-corrected chi connectivity index (χ3v) is 6.09. The van der Waals surface area contributed by atoms with E-state index in [1.54, 1.807) is 24.3 Å². The van der Waals surface area contributed by atoms with E-state index in [9.17, 15) is 9.59 Å². The summed E-state index contributed by atoms with van der Waals surface area (Å²) in [6.07, 6.45) is 0.824. The van der Waals surface area contributed by atoms with Crippen molar-refractivity contribution in [3.8, 4) is 27.6 Å². The molecule has 0 saturated heterocycles. The molecule has 0 spiro atoms. The van der Waals surface area contributed by atoms with E-state index in [0.29, 0.717) is 21.9 Å². The first-order chi connectivity index (χ1) is 14.4. The van der Waals surface area contributed by atoms with Gasteiger partial charge < -0.3 is 9.15 Å². The fourth-order valence-corrected chi connectivity index (χ4v) is 4.49. The Labute approximate surface area is 178 Å². The number of esters is 1. The molecule has 0 saturated carbocycles. The molecule has 2 aromatic carbocycles. The molecule has 152 valence electrons. The molecule has 0 aliphatic carbocycles. The molecule has 0 aliphatic heterocycles. The van der Waals surface area contributed by atoms with Crippen molar-refractivity contribution in [1.82, 2.24) is 4.98 Å². The molecule has 0 unspecified atom stereocenters. The van der Waals surface area contributed by atoms with Gasteiger partial charge in [0.1, 0.15) is 16.3 Å². The van der Waals surface area contributed by atoms with E-state index < -0.39 is 11.6 Å². The number of carbonyl (C=O) groups is 1. The fraction of sp³-hybridized carbons (Fsp3) is 0.208. The largest absolute Gasteiger partial charge is 0.427 e. The number of hydrogen-bond donors (Lipinski definition) is 0. The molecular formula is C24H21NO4S. The highest BCUT2D eigenvalue weighted by Crippen LogP contribution is 2.35. The predicted molar refractivity (Wildman–Crippen MR) is 119 cm³/mol. The molecule has 0 atom stereocenters. The zero-order chi connectivity index (χ0) is 21.4. The van der Waals surface area contributed by atoms with Gasteiger partial charge in [0.25, 0.3) is 0 Å². The Morgan fingerprint density at radius 2 is 1.90 bits per heavy atom. The van der Waals surface area contributed by atoms with Crippen LogP contribution in [0.15, 0.2) is 51.7 Å². The van der Waals surface area contributed by atoms with Crippen LogP contribution in [0.2, 0.25) is 0 Å². The lowest BCUT2D eigenvalue weighted by Crippen LogP contribution is -2.04. The maximum Gasteiger partial charge on any atom is 0.346 e. The van der Waals surface area contributed by atoms with Crippen molar-refractivity contribution in [3.63, 3.8) is 0 Å². The third kappa shape index (κ3) is 3.78. The topological polar surface area (TPSA) is 69.4 Å². The molecule has 0 N–H and O–H groups in total. The number of thiazole rings is 1. The summed E-state index contributed by atoms with van der Waals surface area (Å²) >= 11 is 1.51. The van der Waals surface area contributed by atoms with Crippen LogP contribution in [0.1, 0.15) is 29.9 Å². The summed E-state index contributed by atoms with van der Waals surface area (Å²) in [5, 5.41) is 1.38. The molecule has 0 aliphatic rings. The van der Waals surface area contributed by atoms with Gasteiger partial charge in [-0.25, -0.2) is 9.78 Å². The Kier molecular flexibility index (Phi) is 5.26. The molecule has 30 heavy (non-hydrogen) atoms. The van der Waals surface area contributed by atoms with Crippen molar-refractivity contribution in [2.75, 3.05) is 0 Å². The lowest BCUT2D eigenvalue weighted by atomic mass is 10.0. The number of hydrogen-bond acceptors (Lipinski definition) is 6. The summed E-state index contributed by atoms with van der Waals surface area (Å²) in [4.78, 5) is 29.8. The molecule has 2 heterocycles. The smallest absolute Gasteiger partial charge is 0.346 e. The van der Waals surface area contributed by atoms with E-state index in [2.05, 4.69) is 39.0 Å². The maximum absolute atomic E-state index is 12.7. The van der Waals surface area contributed by atoms with E-state index >= 15 is 0 Å². The summed E-state index contributed by atoms with van der Waals surface area (Å²) < 4.78 is 10.6. The quantitative estimate of drug-likeness (QED) is 0.241. The summed E-state index contributed by atoms with van der Waals surface area (Å²) in [5.74, 6) is -0.0901. The normalized spacial score (nSPS) is 11.1. The van der Waals surface area contributed by atoms with E-state index in [4.69, 9.17) is 14.1 Å². The van der Waals surface area contributed by atoms with Crippen LogP contribution < -0.4 is 10.4 Å². The second-order valence-electron chi connectivity index (χ2n) is 7.20. The van der Waals surface area contributed by atoms with Crippen molar-refractivity contribution in [2.45, 2.75) is 34.1 Å². The molecule has 0 bridgehead atoms. The maximum atomic E-state index is 12.7. The molecule has 6 heteroatoms. The van der Waals surface area contributed by atoms with Gasteiger partial charge in [-0.3, -0.25) is 4.79 Å². The standard InChI is InChI=1S/C24H21NO4S/c1-5-21-22(18-9-6-13(2)10-14(18)3)25-23(30-21)19-11-16-7-8-17(28-15(4)26)12-20(16)29-24(19)27/h6-12H,5H2,1-4H3. The second-order valence-corrected chi connectivity index (χ2v) is 8.29. The molecular weight excluding hydrogens is 398 g/mol. The van der Waals surface area contributed by atoms with E-state index in [1.807, 2.05) is 0 Å². The monoisotopic (exact) mass is 419 g/mol. The van der Waals surface area contributed by atoms with E-state index in [0.717, 1.165) is 33.5 Å². The highest BCUT2D eigenvalue weighted by Gasteiger charge is 2.18. The Morgan fingerprint density at radius 3 is 2.60 bits per heavy atom. The molecule has 0 fully saturated rings. The summed E-state index contributed by atoms with van der Waals surface area (Å²) in [7, 11) is 0. The summed E-state index contributed by atoms with van der Waals surface area (Å²) in [6, 6.07) is 13.1. The highest BCUT2D eigenvalue weighted by molar-refractivity contribution is 7.15. The number of ether oxygens (including phenoxy) is 1. The van der Waals surface area contributed by atoms with Crippen LogP contribution in [0.25, 0.3) is 32.8 Å². The van der Waals surface area contributed by atoms with E-state index in [-0.39, 0.29) is 0 Å². The fourth-order valence-electron chi connectivity index (χ4n) is 3.47. The van der Waals surface area contributed by atoms with Gasteiger partial charge in [0.15, 0.2) is 0 Å². The molecule has 0 radical (unpaired) electrons. The highest BCUT2D eigenvalue weighted by atomic mass is 32.1. The summed E-state index contributed by atoms with van der Waals surface area (Å²) in [5.41, 5.74) is 4.68. The van der Waals surface area contributed by atoms with Gasteiger partial charge in [-0.1, -0.05) is 30.7 Å². The van der Waals surface area contributed by atoms with Crippen molar-refractivity contribution in [1.29, 1.82) is 0 Å². The summed E-state index contributed by atoms with van der Waals surface area (Å²) in [6.45, 7) is 7.55. The van der Waals surface area contributed by atoms with Gasteiger partial charge in [-0.2, -0.15) is 0 Å². The predicted octanol–water partition coefficient (Wildman–Crippen LogP) is 5.69. The van der Waals surface area contributed by atoms with Crippen molar-refractivity contribution >= 4 is 28.3 Å². The lowest BCUT2D eigenvalue weighted by molar-refractivity contribution is -0.131. The minimum Gasteiger partial charge on any atom is -0.427 e. The number of rotatable bonds is 4. The number of nitrogens with zero attached hydrogens (tertiary/aromatic N) is 1. The molecule has 5 nitrogen and oxygen atoms in total. The van der Waals surface area contributed by atoms with Crippen LogP contribution in [-0.4, -0.2) is 11.0 Å². The minimum absolute atomic E-state index is 0.338. The number of benzene rings is 2. The average molecular weight is 420 g/mol. The Balaban J connectivity index is 1.82. The van der Waals surface area contributed by atoms with Crippen LogP contribution in [0.3, 0.4) is 0 Å². The molecule has 4 rings (SSSR count). The Bertz CT molecular complexity index is 1330. The number of carbonyl (C=O) groups excluding carboxylic acids is 1. The van der Waals surface area contributed by atoms with Gasteiger partial charge in [0.05, 0.1) is 11.3 Å². The molecule has 0 amide bonds. The van der Waals surface area contributed by atoms with Crippen LogP contribution in [0.4, 0.5) is 0 Å². The van der Waals surface area contributed by atoms with Crippen molar-refractivity contribution in [3.05, 3.63) is 68.9 Å². The average Bonchev–Trinajstić information content (AvgIpc) is 3.10. The van der Waals surface area contributed by atoms with Crippen molar-refractivity contribution < 1.29 is 13.9 Å². The first-order valence-corrected chi connectivity index (χ1v) is 10.5. The Hall–Kier alpha value is -3.25. The van der Waals surface area contributed by atoms with Crippen LogP contribution >= 0.6 is 11.3 Å². The van der Waals surface area contributed by atoms with Crippen LogP contribution in [-0.2, 0) is 11.2 Å². The zero-order valence-electron chi connectivity index (χ0n) is 17.2. The first kappa shape index (κ1) is 20.0. The minimum atomic E-state index is -0.467. The first-order valence-electron chi connectivity index (χ1n) is 9.69. The number of fused-ring (bicyclic) bond motifs is 1. The van der Waals surface area contributed by atoms with Gasteiger partial charge in [0, 0.05) is 28.8 Å². The zero-order valence-corrected chi connectivity index (χ0v) is 18.1. The second kappa shape index (κ2) is 7.88. The van der Waals surface area contributed by atoms with Gasteiger partial charge in [0.2, 0.25) is 0 Å².